The largest absolute Gasteiger partial charge is 0.508 e. The number of phenols is 1. The second-order valence-corrected chi connectivity index (χ2v) is 21.1. The third-order valence-corrected chi connectivity index (χ3v) is 17.2. The van der Waals surface area contributed by atoms with E-state index in [2.05, 4.69) is 82.3 Å². The van der Waals surface area contributed by atoms with Crippen LogP contribution >= 0.6 is 11.6 Å². The monoisotopic (exact) mass is 787 g/mol. The molecule has 7 nitrogen and oxygen atoms in total. The summed E-state index contributed by atoms with van der Waals surface area (Å²) in [5, 5.41) is 23.8. The molecule has 2 amide bonds. The molecule has 2 fully saturated rings. The van der Waals surface area contributed by atoms with Crippen molar-refractivity contribution in [3.63, 3.8) is 0 Å². The van der Waals surface area contributed by atoms with Crippen LogP contribution in [0.2, 0.25) is 16.4 Å². The highest BCUT2D eigenvalue weighted by molar-refractivity contribution is 6.99. The Labute approximate surface area is 337 Å². The molecule has 290 valence electrons. The zero-order valence-electron chi connectivity index (χ0n) is 32.7. The fourth-order valence-electron chi connectivity index (χ4n) is 9.44. The molecule has 2 aliphatic heterocycles. The first-order valence-corrected chi connectivity index (χ1v) is 22.1. The highest BCUT2D eigenvalue weighted by atomic mass is 35.5. The molecule has 0 bridgehead atoms. The minimum absolute atomic E-state index is 0.112. The van der Waals surface area contributed by atoms with Gasteiger partial charge in [-0.25, -0.2) is 0 Å². The first kappa shape index (κ1) is 40.0. The van der Waals surface area contributed by atoms with Crippen molar-refractivity contribution < 1.29 is 28.8 Å². The summed E-state index contributed by atoms with van der Waals surface area (Å²) in [6.45, 7) is 9.15. The van der Waals surface area contributed by atoms with Crippen LogP contribution in [0.1, 0.15) is 65.4 Å². The number of hydrogen-bond donors (Lipinski definition) is 2. The molecule has 0 aromatic heterocycles. The molecule has 3 aliphatic rings. The molecule has 2 N–H and O–H groups in total. The van der Waals surface area contributed by atoms with Crippen LogP contribution in [0.5, 0.6) is 5.75 Å². The van der Waals surface area contributed by atoms with Gasteiger partial charge in [-0.1, -0.05) is 136 Å². The number of halogens is 1. The molecular weight excluding hydrogens is 737 g/mol. The maximum Gasteiger partial charge on any atom is 0.455 e. The number of anilines is 1. The van der Waals surface area contributed by atoms with Crippen molar-refractivity contribution in [2.45, 2.75) is 77.3 Å². The van der Waals surface area contributed by atoms with E-state index < -0.39 is 39.3 Å². The lowest BCUT2D eigenvalue weighted by Gasteiger charge is -2.46. The summed E-state index contributed by atoms with van der Waals surface area (Å²) in [5.74, 6) is -1.90. The first-order chi connectivity index (χ1) is 26.9. The maximum absolute atomic E-state index is 14.5. The van der Waals surface area contributed by atoms with E-state index in [1.807, 2.05) is 36.4 Å². The van der Waals surface area contributed by atoms with Crippen molar-refractivity contribution in [1.82, 2.24) is 0 Å². The van der Waals surface area contributed by atoms with Crippen molar-refractivity contribution in [3.05, 3.63) is 137 Å². The van der Waals surface area contributed by atoms with E-state index in [4.69, 9.17) is 20.7 Å². The number of imide groups is 1. The van der Waals surface area contributed by atoms with E-state index in [0.29, 0.717) is 30.0 Å². The number of hydrogen-bond acceptors (Lipinski definition) is 6. The number of carbonyl (C=O) groups excluding carboxylic acids is 2. The topological polar surface area (TPSA) is 96.3 Å². The van der Waals surface area contributed by atoms with Crippen LogP contribution in [0, 0.1) is 17.8 Å². The van der Waals surface area contributed by atoms with Gasteiger partial charge in [0.1, 0.15) is 5.75 Å². The minimum atomic E-state index is -2.98. The fraction of sp³-hybridized carbons (Fsp3) is 0.348. The van der Waals surface area contributed by atoms with E-state index in [9.17, 15) is 19.7 Å². The van der Waals surface area contributed by atoms with Gasteiger partial charge in [0, 0.05) is 0 Å². The number of nitrogens with zero attached hydrogens (tertiary/aromatic N) is 1. The molecule has 4 atom stereocenters. The third kappa shape index (κ3) is 7.72. The summed E-state index contributed by atoms with van der Waals surface area (Å²) in [6.07, 6.45) is 5.17. The summed E-state index contributed by atoms with van der Waals surface area (Å²) in [4.78, 5) is 30.2. The Morgan fingerprint density at radius 3 is 2.12 bits per heavy atom. The Hall–Kier alpha value is -4.25. The van der Waals surface area contributed by atoms with Gasteiger partial charge in [0.05, 0.1) is 35.3 Å². The van der Waals surface area contributed by atoms with E-state index in [-0.39, 0.29) is 35.5 Å². The number of carbonyl (C=O) groups is 2. The van der Waals surface area contributed by atoms with Gasteiger partial charge in [0.25, 0.3) is 8.32 Å². The van der Waals surface area contributed by atoms with Crippen molar-refractivity contribution in [3.8, 4) is 5.75 Å². The van der Waals surface area contributed by atoms with Crippen molar-refractivity contribution in [2.24, 2.45) is 17.8 Å². The quantitative estimate of drug-likeness (QED) is 0.0849. The number of rotatable bonds is 12. The summed E-state index contributed by atoms with van der Waals surface area (Å²) in [7, 11) is -4.07. The Morgan fingerprint density at radius 2 is 1.54 bits per heavy atom. The molecule has 0 unspecified atom stereocenters. The van der Waals surface area contributed by atoms with Crippen LogP contribution in [0.25, 0.3) is 6.08 Å². The van der Waals surface area contributed by atoms with Crippen molar-refractivity contribution in [2.75, 3.05) is 11.5 Å². The molecule has 2 heterocycles. The van der Waals surface area contributed by atoms with Crippen LogP contribution in [0.4, 0.5) is 5.69 Å². The van der Waals surface area contributed by atoms with Crippen LogP contribution in [-0.2, 0) is 18.7 Å². The minimum Gasteiger partial charge on any atom is -0.508 e. The van der Waals surface area contributed by atoms with E-state index in [0.717, 1.165) is 39.9 Å². The Morgan fingerprint density at radius 1 is 0.911 bits per heavy atom. The zero-order chi connectivity index (χ0) is 39.6. The standard InChI is InChI=1S/C46H51BClNO6Si/c1-5-15-31(26-32-23-24-35(50)28-40(32)48)22-25-41-42-33(30-54-56(46(2,3)4,36-18-11-7-12-19-36)37-20-13-8-14-21-37)27-38-43(39(42)29-47(53)55-41)45(52)49(44(38)51)34-16-9-6-10-17-34/h6-14,16-21,23-24,26,28,38-39,41,43,50,53H,5,15,22,25,27,29-30H2,1-4H3/b31-26+/t38-,39+,41-,43-/m1/s1. The van der Waals surface area contributed by atoms with Gasteiger partial charge >= 0.3 is 7.12 Å². The van der Waals surface area contributed by atoms with Gasteiger partial charge in [-0.15, -0.1) is 0 Å². The summed E-state index contributed by atoms with van der Waals surface area (Å²) in [6, 6.07) is 35.2. The lowest BCUT2D eigenvalue weighted by atomic mass is 9.58. The fourth-order valence-corrected chi connectivity index (χ4v) is 14.2. The molecule has 10 heteroatoms. The number of fused-ring (bicyclic) bond motifs is 3. The molecule has 2 saturated heterocycles. The first-order valence-electron chi connectivity index (χ1n) is 19.8. The molecule has 4 aromatic carbocycles. The number of amides is 2. The second kappa shape index (κ2) is 16.7. The zero-order valence-corrected chi connectivity index (χ0v) is 34.4. The predicted octanol–water partition coefficient (Wildman–Crippen LogP) is 8.59. The van der Waals surface area contributed by atoms with Crippen LogP contribution in [0.3, 0.4) is 0 Å². The van der Waals surface area contributed by atoms with Crippen molar-refractivity contribution >= 4 is 61.0 Å². The van der Waals surface area contributed by atoms with Gasteiger partial charge in [0.2, 0.25) is 11.8 Å². The molecule has 0 spiro atoms. The third-order valence-electron chi connectivity index (χ3n) is 11.8. The highest BCUT2D eigenvalue weighted by Gasteiger charge is 2.58. The average Bonchev–Trinajstić information content (AvgIpc) is 3.44. The lowest BCUT2D eigenvalue weighted by Crippen LogP contribution is -2.66. The molecule has 1 aliphatic carbocycles. The van der Waals surface area contributed by atoms with Gasteiger partial charge in [-0.3, -0.25) is 14.5 Å². The van der Waals surface area contributed by atoms with Gasteiger partial charge in [-0.2, -0.15) is 0 Å². The van der Waals surface area contributed by atoms with Gasteiger partial charge in [-0.05, 0) is 100 Å². The summed E-state index contributed by atoms with van der Waals surface area (Å²) < 4.78 is 14.0. The Balaban J connectivity index is 1.31. The Bertz CT molecular complexity index is 2060. The number of allylic oxidation sites excluding steroid dienone is 1. The van der Waals surface area contributed by atoms with E-state index in [1.165, 1.54) is 10.5 Å². The maximum atomic E-state index is 14.5. The van der Waals surface area contributed by atoms with Gasteiger partial charge < -0.3 is 19.2 Å². The predicted molar refractivity (Wildman–Crippen MR) is 228 cm³/mol. The smallest absolute Gasteiger partial charge is 0.455 e. The summed E-state index contributed by atoms with van der Waals surface area (Å²) in [5.41, 5.74) is 4.53. The van der Waals surface area contributed by atoms with Gasteiger partial charge in [0.15, 0.2) is 0 Å². The van der Waals surface area contributed by atoms with Crippen LogP contribution < -0.4 is 15.3 Å². The highest BCUT2D eigenvalue weighted by Crippen LogP contribution is 2.52. The second-order valence-electron chi connectivity index (χ2n) is 16.4. The van der Waals surface area contributed by atoms with Crippen LogP contribution in [0.15, 0.2) is 126 Å². The summed E-state index contributed by atoms with van der Waals surface area (Å²) >= 11 is 6.53. The molecule has 7 rings (SSSR count). The number of phenolic OH excluding ortho intramolecular Hbond substituents is 1. The molecule has 56 heavy (non-hydrogen) atoms. The normalized spacial score (nSPS) is 21.7. The van der Waals surface area contributed by atoms with Crippen molar-refractivity contribution in [1.29, 1.82) is 0 Å². The molecule has 0 radical (unpaired) electrons. The average molecular weight is 788 g/mol. The van der Waals surface area contributed by atoms with E-state index >= 15 is 0 Å². The lowest BCUT2D eigenvalue weighted by molar-refractivity contribution is -0.122. The number of benzene rings is 4. The molecule has 0 saturated carbocycles. The number of para-hydroxylation sites is 1. The number of aromatic hydroxyl groups is 1. The molecular formula is C46H51BClNO6Si. The Kier molecular flexibility index (Phi) is 11.9. The SMILES string of the molecule is CCC/C(=C\c1ccc(O)cc1Cl)CC[C@H]1OB(O)C[C@H]2C1=C(CO[Si](c1ccccc1)(c1ccccc1)C(C)(C)C)C[C@H]1C(=O)N(c3ccccc3)C(=O)[C@H]12. The van der Waals surface area contributed by atoms with E-state index in [1.54, 1.807) is 24.3 Å². The molecule has 4 aromatic rings. The van der Waals surface area contributed by atoms with Crippen LogP contribution in [-0.4, -0.2) is 50.1 Å².